The zero-order valence-electron chi connectivity index (χ0n) is 11.1. The molecule has 96 valence electrons. The normalized spacial score (nSPS) is 10.8. The van der Waals surface area contributed by atoms with Crippen LogP contribution in [0.15, 0.2) is 65.7 Å². The van der Waals surface area contributed by atoms with Crippen molar-refractivity contribution in [1.82, 2.24) is 3.97 Å². The molecule has 0 N–H and O–H groups in total. The van der Waals surface area contributed by atoms with Gasteiger partial charge < -0.3 is 4.90 Å². The molecule has 3 rings (SSSR count). The van der Waals surface area contributed by atoms with Gasteiger partial charge in [-0.1, -0.05) is 36.4 Å². The van der Waals surface area contributed by atoms with E-state index in [0.717, 1.165) is 0 Å². The molecule has 0 atom stereocenters. The van der Waals surface area contributed by atoms with Crippen molar-refractivity contribution in [2.24, 2.45) is 0 Å². The Bertz CT molecular complexity index is 686. The van der Waals surface area contributed by atoms with Crippen LogP contribution < -0.4 is 4.90 Å². The van der Waals surface area contributed by atoms with E-state index in [9.17, 15) is 0 Å². The van der Waals surface area contributed by atoms with Crippen LogP contribution in [0.25, 0.3) is 10.9 Å². The van der Waals surface area contributed by atoms with E-state index in [0.29, 0.717) is 0 Å². The van der Waals surface area contributed by atoms with Crippen LogP contribution in [0.2, 0.25) is 0 Å². The van der Waals surface area contributed by atoms with Crippen LogP contribution in [0.5, 0.6) is 0 Å². The van der Waals surface area contributed by atoms with Crippen LogP contribution in [-0.2, 0) is 0 Å². The summed E-state index contributed by atoms with van der Waals surface area (Å²) in [5.74, 6) is 0. The maximum absolute atomic E-state index is 2.24. The molecule has 2 aromatic carbocycles. The smallest absolute Gasteiger partial charge is 0.0631 e. The molecule has 2 nitrogen and oxygen atoms in total. The predicted molar refractivity (Wildman–Crippen MR) is 84.0 cm³/mol. The number of aromatic nitrogens is 1. The quantitative estimate of drug-likeness (QED) is 0.701. The summed E-state index contributed by atoms with van der Waals surface area (Å²) in [5, 5.41) is 1.29. The molecule has 0 bridgehead atoms. The molecular formula is C16H16N2S. The fourth-order valence-corrected chi connectivity index (χ4v) is 3.08. The Morgan fingerprint density at radius 1 is 0.895 bits per heavy atom. The van der Waals surface area contributed by atoms with Crippen molar-refractivity contribution in [1.29, 1.82) is 0 Å². The first-order valence-corrected chi connectivity index (χ1v) is 7.04. The molecule has 0 fully saturated rings. The first-order valence-electron chi connectivity index (χ1n) is 6.26. The summed E-state index contributed by atoms with van der Waals surface area (Å²) in [6, 6.07) is 19.0. The predicted octanol–water partition coefficient (Wildman–Crippen LogP) is 4.26. The second-order valence-electron chi connectivity index (χ2n) is 4.66. The average molecular weight is 268 g/mol. The maximum atomic E-state index is 2.24. The van der Waals surface area contributed by atoms with Crippen molar-refractivity contribution in [3.63, 3.8) is 0 Å². The Labute approximate surface area is 117 Å². The third-order valence-electron chi connectivity index (χ3n) is 3.09. The second kappa shape index (κ2) is 5.02. The van der Waals surface area contributed by atoms with E-state index in [1.54, 1.807) is 11.9 Å². The van der Waals surface area contributed by atoms with Gasteiger partial charge in [-0.3, -0.25) is 3.97 Å². The van der Waals surface area contributed by atoms with Crippen LogP contribution in [0.3, 0.4) is 0 Å². The van der Waals surface area contributed by atoms with Gasteiger partial charge in [0.1, 0.15) is 0 Å². The third kappa shape index (κ3) is 2.34. The van der Waals surface area contributed by atoms with Gasteiger partial charge in [0, 0.05) is 30.6 Å². The number of benzene rings is 2. The number of anilines is 1. The van der Waals surface area contributed by atoms with E-state index in [-0.39, 0.29) is 0 Å². The van der Waals surface area contributed by atoms with E-state index in [1.165, 1.54) is 21.5 Å². The minimum atomic E-state index is 1.24. The summed E-state index contributed by atoms with van der Waals surface area (Å²) in [6.45, 7) is 0. The number of para-hydroxylation sites is 1. The molecular weight excluding hydrogens is 252 g/mol. The van der Waals surface area contributed by atoms with Crippen molar-refractivity contribution in [3.8, 4) is 0 Å². The highest BCUT2D eigenvalue weighted by atomic mass is 32.2. The lowest BCUT2D eigenvalue weighted by Crippen LogP contribution is -2.07. The van der Waals surface area contributed by atoms with Crippen LogP contribution in [0.4, 0.5) is 5.69 Å². The fraction of sp³-hybridized carbons (Fsp3) is 0.125. The molecule has 19 heavy (non-hydrogen) atoms. The van der Waals surface area contributed by atoms with E-state index >= 15 is 0 Å². The Kier molecular flexibility index (Phi) is 3.22. The fourth-order valence-electron chi connectivity index (χ4n) is 2.16. The number of hydrogen-bond acceptors (Lipinski definition) is 2. The number of nitrogens with zero attached hydrogens (tertiary/aromatic N) is 2. The molecule has 0 aliphatic rings. The van der Waals surface area contributed by atoms with Crippen LogP contribution in [0, 0.1) is 0 Å². The summed E-state index contributed by atoms with van der Waals surface area (Å²) < 4.78 is 2.24. The minimum Gasteiger partial charge on any atom is -0.376 e. The summed E-state index contributed by atoms with van der Waals surface area (Å²) in [7, 11) is 4.17. The molecule has 0 aliphatic heterocycles. The first-order chi connectivity index (χ1) is 9.25. The highest BCUT2D eigenvalue weighted by Gasteiger charge is 2.10. The lowest BCUT2D eigenvalue weighted by Gasteiger charge is -2.09. The van der Waals surface area contributed by atoms with E-state index in [2.05, 4.69) is 77.7 Å². The van der Waals surface area contributed by atoms with Gasteiger partial charge in [0.15, 0.2) is 0 Å². The molecule has 0 saturated heterocycles. The van der Waals surface area contributed by atoms with Gasteiger partial charge in [-0.25, -0.2) is 0 Å². The van der Waals surface area contributed by atoms with Crippen LogP contribution >= 0.6 is 11.9 Å². The summed E-state index contributed by atoms with van der Waals surface area (Å²) in [4.78, 5) is 3.40. The summed E-state index contributed by atoms with van der Waals surface area (Å²) >= 11 is 1.75. The molecule has 1 heterocycles. The van der Waals surface area contributed by atoms with Crippen molar-refractivity contribution in [2.75, 3.05) is 19.0 Å². The van der Waals surface area contributed by atoms with Gasteiger partial charge in [0.2, 0.25) is 0 Å². The second-order valence-corrected chi connectivity index (χ2v) is 5.70. The maximum Gasteiger partial charge on any atom is 0.0631 e. The number of fused-ring (bicyclic) bond motifs is 1. The zero-order chi connectivity index (χ0) is 13.2. The molecule has 1 aromatic heterocycles. The lowest BCUT2D eigenvalue weighted by molar-refractivity contribution is 1.13. The van der Waals surface area contributed by atoms with Crippen molar-refractivity contribution < 1.29 is 0 Å². The van der Waals surface area contributed by atoms with E-state index in [1.807, 2.05) is 6.07 Å². The van der Waals surface area contributed by atoms with Gasteiger partial charge in [-0.15, -0.1) is 0 Å². The van der Waals surface area contributed by atoms with Gasteiger partial charge in [-0.05, 0) is 30.1 Å². The average Bonchev–Trinajstić information content (AvgIpc) is 2.79. The number of hydrogen-bond donors (Lipinski definition) is 0. The molecule has 3 heteroatoms. The van der Waals surface area contributed by atoms with Crippen LogP contribution in [-0.4, -0.2) is 18.1 Å². The summed E-state index contributed by atoms with van der Waals surface area (Å²) in [5.41, 5.74) is 2.50. The minimum absolute atomic E-state index is 1.24. The Hall–Kier alpha value is -1.87. The van der Waals surface area contributed by atoms with Crippen LogP contribution in [0.1, 0.15) is 0 Å². The van der Waals surface area contributed by atoms with Gasteiger partial charge in [0.05, 0.1) is 11.2 Å². The van der Waals surface area contributed by atoms with E-state index < -0.39 is 0 Å². The number of rotatable bonds is 3. The Balaban J connectivity index is 2.09. The SMILES string of the molecule is CN(C)c1cn(Sc2ccccc2)c2ccccc12. The standard InChI is InChI=1S/C16H16N2S/c1-17(2)16-12-18(15-11-7-6-10-14(15)16)19-13-8-4-3-5-9-13/h3-12H,1-2H3. The van der Waals surface area contributed by atoms with Gasteiger partial charge in [0.25, 0.3) is 0 Å². The van der Waals surface area contributed by atoms with Crippen molar-refractivity contribution in [2.45, 2.75) is 4.90 Å². The molecule has 0 aliphatic carbocycles. The molecule has 0 spiro atoms. The third-order valence-corrected chi connectivity index (χ3v) is 4.07. The first kappa shape index (κ1) is 12.2. The van der Waals surface area contributed by atoms with E-state index in [4.69, 9.17) is 0 Å². The van der Waals surface area contributed by atoms with Crippen molar-refractivity contribution in [3.05, 3.63) is 60.8 Å². The summed E-state index contributed by atoms with van der Waals surface area (Å²) in [6.07, 6.45) is 2.20. The Morgan fingerprint density at radius 3 is 2.32 bits per heavy atom. The van der Waals surface area contributed by atoms with Crippen molar-refractivity contribution >= 4 is 28.5 Å². The largest absolute Gasteiger partial charge is 0.376 e. The monoisotopic (exact) mass is 268 g/mol. The lowest BCUT2D eigenvalue weighted by atomic mass is 10.2. The zero-order valence-corrected chi connectivity index (χ0v) is 11.9. The van der Waals surface area contributed by atoms with Gasteiger partial charge in [-0.2, -0.15) is 0 Å². The molecule has 0 unspecified atom stereocenters. The molecule has 0 saturated carbocycles. The highest BCUT2D eigenvalue weighted by Crippen LogP contribution is 2.33. The Morgan fingerprint density at radius 2 is 1.58 bits per heavy atom. The van der Waals surface area contributed by atoms with Gasteiger partial charge >= 0.3 is 0 Å². The molecule has 3 aromatic rings. The topological polar surface area (TPSA) is 8.17 Å². The highest BCUT2D eigenvalue weighted by molar-refractivity contribution is 7.98. The molecule has 0 radical (unpaired) electrons. The molecule has 0 amide bonds.